The summed E-state index contributed by atoms with van der Waals surface area (Å²) in [7, 11) is 3.58. The van der Waals surface area contributed by atoms with E-state index < -0.39 is 5.54 Å². The maximum Gasteiger partial charge on any atom is 0.327 e. The molecule has 0 heterocycles. The fourth-order valence-electron chi connectivity index (χ4n) is 2.72. The van der Waals surface area contributed by atoms with Gasteiger partial charge < -0.3 is 9.64 Å². The number of carbonyl (C=O) groups is 1. The normalized spacial score (nSPS) is 20.4. The minimum atomic E-state index is -0.541. The molecule has 0 amide bonds. The number of esters is 1. The molecule has 1 aliphatic carbocycles. The van der Waals surface area contributed by atoms with E-state index in [0.29, 0.717) is 12.0 Å². The van der Waals surface area contributed by atoms with Gasteiger partial charge in [-0.2, -0.15) is 0 Å². The molecule has 0 aromatic rings. The lowest BCUT2D eigenvalue weighted by Gasteiger charge is -2.39. The lowest BCUT2D eigenvalue weighted by Crippen LogP contribution is -2.63. The topological polar surface area (TPSA) is 41.6 Å². The van der Waals surface area contributed by atoms with Crippen LogP contribution in [0, 0.1) is 5.92 Å². The summed E-state index contributed by atoms with van der Waals surface area (Å²) >= 11 is 0. The highest BCUT2D eigenvalue weighted by molar-refractivity contribution is 5.82. The Balaban J connectivity index is 2.92. The van der Waals surface area contributed by atoms with Gasteiger partial charge in [-0.05, 0) is 53.0 Å². The molecule has 1 fully saturated rings. The highest BCUT2D eigenvalue weighted by Crippen LogP contribution is 2.41. The van der Waals surface area contributed by atoms with Crippen molar-refractivity contribution in [2.75, 3.05) is 20.7 Å². The number of nitrogens with one attached hydrogen (secondary N) is 1. The van der Waals surface area contributed by atoms with Gasteiger partial charge in [0.2, 0.25) is 0 Å². The second-order valence-electron chi connectivity index (χ2n) is 6.21. The zero-order valence-corrected chi connectivity index (χ0v) is 13.3. The van der Waals surface area contributed by atoms with Gasteiger partial charge in [-0.25, -0.2) is 4.79 Å². The van der Waals surface area contributed by atoms with Crippen LogP contribution in [0.5, 0.6) is 0 Å². The van der Waals surface area contributed by atoms with Crippen LogP contribution in [0.4, 0.5) is 0 Å². The second kappa shape index (κ2) is 6.71. The smallest absolute Gasteiger partial charge is 0.327 e. The van der Waals surface area contributed by atoms with E-state index >= 15 is 0 Å². The average molecular weight is 270 g/mol. The van der Waals surface area contributed by atoms with E-state index in [0.717, 1.165) is 25.8 Å². The molecule has 2 atom stereocenters. The number of methoxy groups -OCH3 is 1. The Labute approximate surface area is 117 Å². The molecular formula is C15H30N2O2. The van der Waals surface area contributed by atoms with Crippen LogP contribution in [0.25, 0.3) is 0 Å². The number of carbonyl (C=O) groups excluding carboxylic acids is 1. The standard InChI is InChI=1S/C15H30N2O2/c1-7-12(4)17(5)10-15(13-8-9-13,14(18)19-6)16-11(2)3/h11-13,16H,7-10H2,1-6H3. The number of hydrogen-bond donors (Lipinski definition) is 1. The average Bonchev–Trinajstić information content (AvgIpc) is 3.19. The van der Waals surface area contributed by atoms with Crippen molar-refractivity contribution in [1.82, 2.24) is 10.2 Å². The van der Waals surface area contributed by atoms with E-state index in [1.807, 2.05) is 0 Å². The largest absolute Gasteiger partial charge is 0.468 e. The number of rotatable bonds is 8. The lowest BCUT2D eigenvalue weighted by atomic mass is 9.90. The summed E-state index contributed by atoms with van der Waals surface area (Å²) in [6, 6.07) is 0.738. The Hall–Kier alpha value is -0.610. The minimum Gasteiger partial charge on any atom is -0.468 e. The van der Waals surface area contributed by atoms with E-state index in [-0.39, 0.29) is 12.0 Å². The predicted molar refractivity (Wildman–Crippen MR) is 78.1 cm³/mol. The molecule has 4 nitrogen and oxygen atoms in total. The molecular weight excluding hydrogens is 240 g/mol. The first-order chi connectivity index (χ1) is 8.87. The zero-order valence-electron chi connectivity index (χ0n) is 13.3. The van der Waals surface area contributed by atoms with Crippen LogP contribution in [0.1, 0.15) is 47.0 Å². The molecule has 4 heteroatoms. The van der Waals surface area contributed by atoms with Gasteiger partial charge in [-0.15, -0.1) is 0 Å². The summed E-state index contributed by atoms with van der Waals surface area (Å²) in [5, 5.41) is 3.50. The van der Waals surface area contributed by atoms with Crippen molar-refractivity contribution in [3.63, 3.8) is 0 Å². The summed E-state index contributed by atoms with van der Waals surface area (Å²) in [4.78, 5) is 14.7. The fourth-order valence-corrected chi connectivity index (χ4v) is 2.72. The molecule has 0 saturated heterocycles. The Kier molecular flexibility index (Phi) is 5.81. The number of hydrogen-bond acceptors (Lipinski definition) is 4. The van der Waals surface area contributed by atoms with Crippen molar-refractivity contribution in [3.8, 4) is 0 Å². The van der Waals surface area contributed by atoms with Gasteiger partial charge in [-0.3, -0.25) is 5.32 Å². The molecule has 19 heavy (non-hydrogen) atoms. The molecule has 1 rings (SSSR count). The summed E-state index contributed by atoms with van der Waals surface area (Å²) in [5.74, 6) is 0.299. The van der Waals surface area contributed by atoms with Crippen molar-refractivity contribution in [1.29, 1.82) is 0 Å². The predicted octanol–water partition coefficient (Wildman–Crippen LogP) is 2.04. The van der Waals surface area contributed by atoms with Gasteiger partial charge in [-0.1, -0.05) is 6.92 Å². The Morgan fingerprint density at radius 3 is 2.37 bits per heavy atom. The zero-order chi connectivity index (χ0) is 14.6. The molecule has 0 aromatic carbocycles. The van der Waals surface area contributed by atoms with Crippen LogP contribution in [-0.4, -0.2) is 49.2 Å². The summed E-state index contributed by atoms with van der Waals surface area (Å²) in [6.45, 7) is 9.27. The summed E-state index contributed by atoms with van der Waals surface area (Å²) < 4.78 is 5.10. The highest BCUT2D eigenvalue weighted by Gasteiger charge is 2.52. The molecule has 1 N–H and O–H groups in total. The van der Waals surface area contributed by atoms with Crippen molar-refractivity contribution >= 4 is 5.97 Å². The lowest BCUT2D eigenvalue weighted by molar-refractivity contribution is -0.151. The first kappa shape index (κ1) is 16.4. The summed E-state index contributed by atoms with van der Waals surface area (Å²) in [5.41, 5.74) is -0.541. The van der Waals surface area contributed by atoms with Crippen molar-refractivity contribution in [2.45, 2.75) is 64.6 Å². The number of ether oxygens (including phenoxy) is 1. The number of nitrogens with zero attached hydrogens (tertiary/aromatic N) is 1. The van der Waals surface area contributed by atoms with Crippen molar-refractivity contribution < 1.29 is 9.53 Å². The van der Waals surface area contributed by atoms with Crippen LogP contribution in [0.3, 0.4) is 0 Å². The Morgan fingerprint density at radius 1 is 1.42 bits per heavy atom. The first-order valence-electron chi connectivity index (χ1n) is 7.43. The van der Waals surface area contributed by atoms with Crippen LogP contribution in [0.2, 0.25) is 0 Å². The molecule has 0 radical (unpaired) electrons. The molecule has 0 spiro atoms. The van der Waals surface area contributed by atoms with E-state index in [1.165, 1.54) is 7.11 Å². The highest BCUT2D eigenvalue weighted by atomic mass is 16.5. The maximum absolute atomic E-state index is 12.4. The third-order valence-electron chi connectivity index (χ3n) is 4.21. The first-order valence-corrected chi connectivity index (χ1v) is 7.43. The van der Waals surface area contributed by atoms with Crippen LogP contribution < -0.4 is 5.32 Å². The van der Waals surface area contributed by atoms with Crippen LogP contribution in [0.15, 0.2) is 0 Å². The van der Waals surface area contributed by atoms with Gasteiger partial charge in [0.1, 0.15) is 5.54 Å². The molecule has 1 saturated carbocycles. The second-order valence-corrected chi connectivity index (χ2v) is 6.21. The van der Waals surface area contributed by atoms with Gasteiger partial charge in [0.05, 0.1) is 7.11 Å². The summed E-state index contributed by atoms with van der Waals surface area (Å²) in [6.07, 6.45) is 3.31. The molecule has 2 unspecified atom stereocenters. The molecule has 0 aliphatic heterocycles. The van der Waals surface area contributed by atoms with Gasteiger partial charge in [0, 0.05) is 18.6 Å². The van der Waals surface area contributed by atoms with Gasteiger partial charge in [0.15, 0.2) is 0 Å². The SMILES string of the molecule is CCC(C)N(C)CC(NC(C)C)(C(=O)OC)C1CC1. The quantitative estimate of drug-likeness (QED) is 0.685. The Bertz CT molecular complexity index is 303. The van der Waals surface area contributed by atoms with E-state index in [2.05, 4.69) is 45.0 Å². The van der Waals surface area contributed by atoms with E-state index in [4.69, 9.17) is 4.74 Å². The van der Waals surface area contributed by atoms with Gasteiger partial charge in [0.25, 0.3) is 0 Å². The van der Waals surface area contributed by atoms with E-state index in [9.17, 15) is 4.79 Å². The van der Waals surface area contributed by atoms with E-state index in [1.54, 1.807) is 0 Å². The van der Waals surface area contributed by atoms with Crippen LogP contribution in [-0.2, 0) is 9.53 Å². The van der Waals surface area contributed by atoms with Crippen molar-refractivity contribution in [2.24, 2.45) is 5.92 Å². The molecule has 0 bridgehead atoms. The van der Waals surface area contributed by atoms with Gasteiger partial charge >= 0.3 is 5.97 Å². The molecule has 112 valence electrons. The molecule has 0 aromatic heterocycles. The monoisotopic (exact) mass is 270 g/mol. The third-order valence-corrected chi connectivity index (χ3v) is 4.21. The molecule has 1 aliphatic rings. The fraction of sp³-hybridized carbons (Fsp3) is 0.933. The Morgan fingerprint density at radius 2 is 2.00 bits per heavy atom. The maximum atomic E-state index is 12.4. The third kappa shape index (κ3) is 3.93. The minimum absolute atomic E-state index is 0.112. The number of likely N-dealkylation sites (N-methyl/N-ethyl adjacent to an activating group) is 1. The van der Waals surface area contributed by atoms with Crippen molar-refractivity contribution in [3.05, 3.63) is 0 Å². The van der Waals surface area contributed by atoms with Crippen LogP contribution >= 0.6 is 0 Å².